The number of amides is 2. The number of hydrazone groups is 1. The van der Waals surface area contributed by atoms with Crippen LogP contribution in [0.2, 0.25) is 0 Å². The summed E-state index contributed by atoms with van der Waals surface area (Å²) in [5.41, 5.74) is 8.76. The molecule has 6 heteroatoms. The van der Waals surface area contributed by atoms with E-state index in [4.69, 9.17) is 0 Å². The van der Waals surface area contributed by atoms with Gasteiger partial charge in [-0.15, -0.1) is 10.1 Å². The lowest BCUT2D eigenvalue weighted by molar-refractivity contribution is -0.596. The molecular weight excluding hydrogens is 436 g/mol. The van der Waals surface area contributed by atoms with Crippen molar-refractivity contribution < 1.29 is 14.3 Å². The van der Waals surface area contributed by atoms with Crippen molar-refractivity contribution in [2.75, 3.05) is 18.0 Å². The van der Waals surface area contributed by atoms with Crippen molar-refractivity contribution in [3.63, 3.8) is 0 Å². The first-order valence-corrected chi connectivity index (χ1v) is 12.1. The zero-order valence-electron chi connectivity index (χ0n) is 20.8. The van der Waals surface area contributed by atoms with Crippen molar-refractivity contribution in [3.8, 4) is 0 Å². The normalized spacial score (nSPS) is 18.4. The number of hydrogen-bond donors (Lipinski definition) is 2. The van der Waals surface area contributed by atoms with Crippen molar-refractivity contribution >= 4 is 23.7 Å². The fraction of sp³-hybridized carbons (Fsp3) is 0.276. The second-order valence-electron chi connectivity index (χ2n) is 8.95. The quantitative estimate of drug-likeness (QED) is 0.511. The van der Waals surface area contributed by atoms with Crippen LogP contribution in [0.4, 0.5) is 5.69 Å². The van der Waals surface area contributed by atoms with Gasteiger partial charge in [-0.3, -0.25) is 9.59 Å². The standard InChI is InChI=1S/C29H32N4O2/c1-5-32(6-2)25-17-11-22(12-18-25)19-33-27(23-13-7-20(3)8-14-23)26(29(35)31-33)30-28(34)24-15-9-21(4)10-16-24/h7-19,26-27H,5-6H2,1-4H3,(H-,30,31,34,35)/p+1/t26-,27+/m0/s1. The van der Waals surface area contributed by atoms with Gasteiger partial charge in [0.1, 0.15) is 0 Å². The first kappa shape index (κ1) is 24.2. The number of nitrogens with one attached hydrogen (secondary N) is 2. The highest BCUT2D eigenvalue weighted by molar-refractivity contribution is 5.98. The number of hydrazine groups is 1. The van der Waals surface area contributed by atoms with Crippen LogP contribution in [0.1, 0.15) is 52.5 Å². The summed E-state index contributed by atoms with van der Waals surface area (Å²) in [6.07, 6.45) is 1.92. The molecule has 1 saturated heterocycles. The average Bonchev–Trinajstić information content (AvgIpc) is 3.16. The monoisotopic (exact) mass is 469 g/mol. The number of benzene rings is 3. The first-order chi connectivity index (χ1) is 16.9. The molecule has 0 unspecified atom stereocenters. The first-order valence-electron chi connectivity index (χ1n) is 12.1. The molecular formula is C29H33N4O2+. The van der Waals surface area contributed by atoms with Crippen LogP contribution < -0.4 is 15.6 Å². The van der Waals surface area contributed by atoms with Gasteiger partial charge in [-0.1, -0.05) is 47.5 Å². The minimum atomic E-state index is -0.738. The summed E-state index contributed by atoms with van der Waals surface area (Å²) in [7, 11) is 0. The molecule has 2 amide bonds. The van der Waals surface area contributed by atoms with Gasteiger partial charge in [0.2, 0.25) is 12.3 Å². The fourth-order valence-corrected chi connectivity index (χ4v) is 4.39. The minimum absolute atomic E-state index is 0.243. The Morgan fingerprint density at radius 1 is 0.914 bits per heavy atom. The van der Waals surface area contributed by atoms with Gasteiger partial charge in [-0.25, -0.2) is 0 Å². The van der Waals surface area contributed by atoms with E-state index in [1.54, 1.807) is 16.8 Å². The molecule has 4 rings (SSSR count). The molecule has 3 aromatic rings. The maximum atomic E-state index is 13.1. The number of carbonyl (C=O) groups is 2. The Kier molecular flexibility index (Phi) is 7.30. The lowest BCUT2D eigenvalue weighted by Crippen LogP contribution is -2.42. The molecule has 1 heterocycles. The van der Waals surface area contributed by atoms with Crippen LogP contribution in [0.15, 0.2) is 72.8 Å². The topological polar surface area (TPSA) is 64.5 Å². The summed E-state index contributed by atoms with van der Waals surface area (Å²) in [6.45, 7) is 10.2. The molecule has 0 aromatic heterocycles. The molecule has 35 heavy (non-hydrogen) atoms. The van der Waals surface area contributed by atoms with E-state index in [0.29, 0.717) is 5.56 Å². The largest absolute Gasteiger partial charge is 0.372 e. The van der Waals surface area contributed by atoms with E-state index in [1.165, 1.54) is 0 Å². The highest BCUT2D eigenvalue weighted by Crippen LogP contribution is 2.26. The van der Waals surface area contributed by atoms with E-state index in [2.05, 4.69) is 41.6 Å². The second-order valence-corrected chi connectivity index (χ2v) is 8.95. The van der Waals surface area contributed by atoms with Gasteiger partial charge in [-0.2, -0.15) is 0 Å². The maximum absolute atomic E-state index is 13.1. The van der Waals surface area contributed by atoms with Gasteiger partial charge in [0.15, 0.2) is 6.04 Å². The minimum Gasteiger partial charge on any atom is -0.372 e. The number of hydrogen-bond acceptors (Lipinski definition) is 3. The number of rotatable bonds is 7. The van der Waals surface area contributed by atoms with Crippen LogP contribution in [0.3, 0.4) is 0 Å². The number of anilines is 1. The van der Waals surface area contributed by atoms with Gasteiger partial charge < -0.3 is 10.2 Å². The van der Waals surface area contributed by atoms with E-state index in [-0.39, 0.29) is 17.9 Å². The van der Waals surface area contributed by atoms with E-state index >= 15 is 0 Å². The van der Waals surface area contributed by atoms with Crippen LogP contribution in [0.5, 0.6) is 0 Å². The summed E-state index contributed by atoms with van der Waals surface area (Å²) >= 11 is 0. The van der Waals surface area contributed by atoms with Crippen molar-refractivity contribution in [3.05, 3.63) is 101 Å². The Morgan fingerprint density at radius 2 is 1.49 bits per heavy atom. The Labute approximate surface area is 207 Å². The summed E-state index contributed by atoms with van der Waals surface area (Å²) in [5.74, 6) is -0.514. The van der Waals surface area contributed by atoms with Crippen LogP contribution in [0.25, 0.3) is 0 Å². The summed E-state index contributed by atoms with van der Waals surface area (Å²) in [5, 5.41) is 2.96. The van der Waals surface area contributed by atoms with Crippen LogP contribution in [-0.4, -0.2) is 41.8 Å². The smallest absolute Gasteiger partial charge is 0.304 e. The Bertz CT molecular complexity index is 1210. The third kappa shape index (κ3) is 5.43. The Hall–Kier alpha value is -3.93. The molecule has 1 aliphatic heterocycles. The SMILES string of the molecule is CCN(CC)c1ccc(/C=[N+]2\NC(=O)[C@@H](NC(=O)c3ccc(C)cc3)[C@H]2c2ccc(C)cc2)cc1. The molecule has 1 fully saturated rings. The molecule has 0 saturated carbocycles. The molecule has 2 atom stereocenters. The Balaban J connectivity index is 1.66. The summed E-state index contributed by atoms with van der Waals surface area (Å²) in [4.78, 5) is 28.3. The molecule has 2 N–H and O–H groups in total. The summed E-state index contributed by atoms with van der Waals surface area (Å²) < 4.78 is 1.81. The van der Waals surface area contributed by atoms with Crippen molar-refractivity contribution in [1.29, 1.82) is 0 Å². The van der Waals surface area contributed by atoms with Crippen LogP contribution in [-0.2, 0) is 4.79 Å². The van der Waals surface area contributed by atoms with Crippen molar-refractivity contribution in [2.45, 2.75) is 39.8 Å². The van der Waals surface area contributed by atoms with Gasteiger partial charge in [0, 0.05) is 35.5 Å². The Morgan fingerprint density at radius 3 is 2.06 bits per heavy atom. The van der Waals surface area contributed by atoms with Crippen LogP contribution in [0, 0.1) is 13.8 Å². The highest BCUT2D eigenvalue weighted by atomic mass is 16.2. The fourth-order valence-electron chi connectivity index (χ4n) is 4.39. The molecule has 180 valence electrons. The van der Waals surface area contributed by atoms with Gasteiger partial charge in [-0.05, 0) is 64.1 Å². The summed E-state index contributed by atoms with van der Waals surface area (Å²) in [6, 6.07) is 22.5. The van der Waals surface area contributed by atoms with Gasteiger partial charge >= 0.3 is 5.91 Å². The van der Waals surface area contributed by atoms with Gasteiger partial charge in [0.25, 0.3) is 5.91 Å². The molecule has 3 aromatic carbocycles. The highest BCUT2D eigenvalue weighted by Gasteiger charge is 2.47. The predicted molar refractivity (Wildman–Crippen MR) is 140 cm³/mol. The van der Waals surface area contributed by atoms with E-state index in [9.17, 15) is 9.59 Å². The van der Waals surface area contributed by atoms with Gasteiger partial charge in [0.05, 0.1) is 0 Å². The van der Waals surface area contributed by atoms with Crippen molar-refractivity contribution in [1.82, 2.24) is 10.7 Å². The lowest BCUT2D eigenvalue weighted by Gasteiger charge is -2.20. The zero-order valence-corrected chi connectivity index (χ0v) is 20.8. The molecule has 0 spiro atoms. The van der Waals surface area contributed by atoms with E-state index in [0.717, 1.165) is 41.0 Å². The van der Waals surface area contributed by atoms with Crippen molar-refractivity contribution in [2.24, 2.45) is 0 Å². The van der Waals surface area contributed by atoms with Crippen LogP contribution >= 0.6 is 0 Å². The number of carbonyl (C=O) groups excluding carboxylic acids is 2. The number of aryl methyl sites for hydroxylation is 2. The second kappa shape index (κ2) is 10.6. The third-order valence-electron chi connectivity index (χ3n) is 6.47. The predicted octanol–water partition coefficient (Wildman–Crippen LogP) is 4.17. The average molecular weight is 470 g/mol. The maximum Gasteiger partial charge on any atom is 0.304 e. The van der Waals surface area contributed by atoms with E-state index in [1.807, 2.05) is 68.6 Å². The van der Waals surface area contributed by atoms with E-state index < -0.39 is 6.04 Å². The molecule has 1 aliphatic rings. The lowest BCUT2D eigenvalue weighted by atomic mass is 9.98. The third-order valence-corrected chi connectivity index (χ3v) is 6.47. The zero-order chi connectivity index (χ0) is 24.9. The molecule has 0 radical (unpaired) electrons. The molecule has 0 aliphatic carbocycles. The molecule has 0 bridgehead atoms. The molecule has 6 nitrogen and oxygen atoms in total. The number of nitrogens with zero attached hydrogens (tertiary/aromatic N) is 2.